The molecule has 0 aliphatic heterocycles. The molecule has 0 bridgehead atoms. The molecule has 2 unspecified atom stereocenters. The minimum Gasteiger partial charge on any atom is -0.387 e. The molecule has 300 valence electrons. The standard InChI is InChI=1S/C45H79NO5S/c1-3-5-7-9-11-13-15-17-19-20-21-22-23-24-25-26-27-29-31-33-35-37-39-41-45(48)46-43(42-52(49,50)51)44(47)40-38-36-34-32-30-28-18-16-14-12-10-8-6-4-2/h5,7,11,13,17,19,21-22,30,32,38,40,43-44,47H,3-4,6,8-10,12,14-16,18,20,23-29,31,33-37,39,41-42H2,1-2H3,(H,46,48)(H,49,50,51)/b7-5-,13-11-,19-17-,22-21-,32-30+,40-38+. The van der Waals surface area contributed by atoms with E-state index in [0.717, 1.165) is 70.6 Å². The first kappa shape index (κ1) is 49.8. The fraction of sp³-hybridized carbons (Fsp3) is 0.711. The van der Waals surface area contributed by atoms with E-state index in [1.54, 1.807) is 0 Å². The minimum absolute atomic E-state index is 0.279. The Balaban J connectivity index is 3.92. The Labute approximate surface area is 321 Å². The van der Waals surface area contributed by atoms with Gasteiger partial charge in [0.2, 0.25) is 5.91 Å². The molecule has 6 nitrogen and oxygen atoms in total. The largest absolute Gasteiger partial charge is 0.387 e. The lowest BCUT2D eigenvalue weighted by molar-refractivity contribution is -0.122. The molecule has 1 amide bonds. The first-order valence-corrected chi connectivity index (χ1v) is 22.7. The number of carbonyl (C=O) groups excluding carboxylic acids is 1. The van der Waals surface area contributed by atoms with Crippen molar-refractivity contribution in [2.45, 2.75) is 199 Å². The first-order chi connectivity index (χ1) is 25.3. The molecule has 2 atom stereocenters. The fourth-order valence-corrected chi connectivity index (χ4v) is 6.72. The lowest BCUT2D eigenvalue weighted by Crippen LogP contribution is -2.46. The second-order valence-corrected chi connectivity index (χ2v) is 15.7. The minimum atomic E-state index is -4.36. The van der Waals surface area contributed by atoms with Gasteiger partial charge >= 0.3 is 0 Å². The van der Waals surface area contributed by atoms with Gasteiger partial charge in [-0.3, -0.25) is 9.35 Å². The van der Waals surface area contributed by atoms with Gasteiger partial charge in [-0.05, 0) is 70.6 Å². The van der Waals surface area contributed by atoms with Crippen LogP contribution in [0.3, 0.4) is 0 Å². The summed E-state index contributed by atoms with van der Waals surface area (Å²) >= 11 is 0. The van der Waals surface area contributed by atoms with Crippen LogP contribution in [0.15, 0.2) is 72.9 Å². The van der Waals surface area contributed by atoms with Crippen LogP contribution in [0.5, 0.6) is 0 Å². The van der Waals surface area contributed by atoms with Crippen LogP contribution in [0.1, 0.15) is 187 Å². The van der Waals surface area contributed by atoms with Crippen molar-refractivity contribution < 1.29 is 22.9 Å². The highest BCUT2D eigenvalue weighted by Gasteiger charge is 2.24. The summed E-state index contributed by atoms with van der Waals surface area (Å²) in [5.41, 5.74) is 0. The molecule has 0 aliphatic carbocycles. The molecule has 0 fully saturated rings. The van der Waals surface area contributed by atoms with Gasteiger partial charge in [0.25, 0.3) is 10.1 Å². The van der Waals surface area contributed by atoms with Gasteiger partial charge in [0.15, 0.2) is 0 Å². The molecule has 52 heavy (non-hydrogen) atoms. The number of amides is 1. The van der Waals surface area contributed by atoms with Crippen molar-refractivity contribution in [2.24, 2.45) is 0 Å². The lowest BCUT2D eigenvalue weighted by Gasteiger charge is -2.21. The van der Waals surface area contributed by atoms with Crippen LogP contribution in [0.4, 0.5) is 0 Å². The number of rotatable bonds is 37. The molecule has 0 radical (unpaired) electrons. The third-order valence-corrected chi connectivity index (χ3v) is 9.90. The molecule has 0 aromatic carbocycles. The number of hydrogen-bond donors (Lipinski definition) is 3. The van der Waals surface area contributed by atoms with Crippen molar-refractivity contribution in [1.29, 1.82) is 0 Å². The van der Waals surface area contributed by atoms with Crippen molar-refractivity contribution in [1.82, 2.24) is 5.32 Å². The second-order valence-electron chi connectivity index (χ2n) is 14.2. The lowest BCUT2D eigenvalue weighted by atomic mass is 10.0. The highest BCUT2D eigenvalue weighted by Crippen LogP contribution is 2.13. The van der Waals surface area contributed by atoms with Gasteiger partial charge in [0, 0.05) is 6.42 Å². The fourth-order valence-electron chi connectivity index (χ4n) is 5.99. The average molecular weight is 746 g/mol. The molecule has 0 aliphatic rings. The maximum Gasteiger partial charge on any atom is 0.267 e. The van der Waals surface area contributed by atoms with Crippen molar-refractivity contribution in [2.75, 3.05) is 5.75 Å². The maximum absolute atomic E-state index is 12.5. The van der Waals surface area contributed by atoms with Crippen molar-refractivity contribution in [3.05, 3.63) is 72.9 Å². The third-order valence-electron chi connectivity index (χ3n) is 9.12. The number of aliphatic hydroxyl groups is 1. The van der Waals surface area contributed by atoms with Gasteiger partial charge in [0.1, 0.15) is 0 Å². The first-order valence-electron chi connectivity index (χ1n) is 21.1. The van der Waals surface area contributed by atoms with Crippen LogP contribution >= 0.6 is 0 Å². The molecule has 0 aromatic rings. The van der Waals surface area contributed by atoms with Crippen LogP contribution in [0.25, 0.3) is 0 Å². The molecule has 0 heterocycles. The Morgan fingerprint density at radius 1 is 0.538 bits per heavy atom. The van der Waals surface area contributed by atoms with Crippen molar-refractivity contribution in [3.8, 4) is 0 Å². The summed E-state index contributed by atoms with van der Waals surface area (Å²) < 4.78 is 32.5. The zero-order valence-electron chi connectivity index (χ0n) is 33.4. The van der Waals surface area contributed by atoms with E-state index in [2.05, 4.69) is 79.9 Å². The van der Waals surface area contributed by atoms with E-state index in [0.29, 0.717) is 6.42 Å². The second kappa shape index (κ2) is 38.5. The number of nitrogens with one attached hydrogen (secondary N) is 1. The Bertz CT molecular complexity index is 1090. The molecule has 3 N–H and O–H groups in total. The molecule has 7 heteroatoms. The number of allylic oxidation sites excluding steroid dienone is 11. The van der Waals surface area contributed by atoms with E-state index in [9.17, 15) is 22.9 Å². The Hall–Kier alpha value is -2.22. The molecule has 0 saturated heterocycles. The van der Waals surface area contributed by atoms with E-state index < -0.39 is 28.0 Å². The number of aliphatic hydroxyl groups excluding tert-OH is 1. The smallest absolute Gasteiger partial charge is 0.267 e. The van der Waals surface area contributed by atoms with Crippen LogP contribution in [-0.2, 0) is 14.9 Å². The van der Waals surface area contributed by atoms with Gasteiger partial charge in [-0.1, -0.05) is 183 Å². The molecule has 0 aromatic heterocycles. The monoisotopic (exact) mass is 746 g/mol. The van der Waals surface area contributed by atoms with E-state index in [1.807, 2.05) is 6.08 Å². The summed E-state index contributed by atoms with van der Waals surface area (Å²) in [5, 5.41) is 13.2. The molecule has 0 saturated carbocycles. The average Bonchev–Trinajstić information content (AvgIpc) is 3.11. The van der Waals surface area contributed by atoms with Crippen molar-refractivity contribution >= 4 is 16.0 Å². The van der Waals surface area contributed by atoms with Gasteiger partial charge in [-0.25, -0.2) is 0 Å². The van der Waals surface area contributed by atoms with Crippen LogP contribution < -0.4 is 5.32 Å². The van der Waals surface area contributed by atoms with Gasteiger partial charge in [-0.15, -0.1) is 0 Å². The zero-order valence-corrected chi connectivity index (χ0v) is 34.2. The third kappa shape index (κ3) is 39.0. The molecule has 0 rings (SSSR count). The number of carbonyl (C=O) groups is 1. The predicted molar refractivity (Wildman–Crippen MR) is 225 cm³/mol. The predicted octanol–water partition coefficient (Wildman–Crippen LogP) is 12.6. The summed E-state index contributed by atoms with van der Waals surface area (Å²) in [4.78, 5) is 12.5. The van der Waals surface area contributed by atoms with E-state index >= 15 is 0 Å². The summed E-state index contributed by atoms with van der Waals surface area (Å²) in [6.07, 6.45) is 54.6. The molecular formula is C45H79NO5S. The highest BCUT2D eigenvalue weighted by atomic mass is 32.2. The van der Waals surface area contributed by atoms with Crippen LogP contribution in [-0.4, -0.2) is 41.9 Å². The van der Waals surface area contributed by atoms with E-state index in [1.165, 1.54) is 96.0 Å². The normalized spacial score (nSPS) is 14.0. The quantitative estimate of drug-likeness (QED) is 0.0334. The zero-order chi connectivity index (χ0) is 38.2. The molecule has 0 spiro atoms. The van der Waals surface area contributed by atoms with Gasteiger partial charge in [0.05, 0.1) is 17.9 Å². The van der Waals surface area contributed by atoms with Crippen molar-refractivity contribution in [3.63, 3.8) is 0 Å². The summed E-state index contributed by atoms with van der Waals surface area (Å²) in [7, 11) is -4.36. The Morgan fingerprint density at radius 2 is 0.942 bits per heavy atom. The topological polar surface area (TPSA) is 104 Å². The van der Waals surface area contributed by atoms with Crippen LogP contribution in [0.2, 0.25) is 0 Å². The van der Waals surface area contributed by atoms with Gasteiger partial charge in [-0.2, -0.15) is 8.42 Å². The Kier molecular flexibility index (Phi) is 36.9. The summed E-state index contributed by atoms with van der Waals surface area (Å²) in [6.45, 7) is 4.40. The SMILES string of the molecule is CC/C=C\C/C=C\C/C=C\C/C=C\CCCCCCCCCCCCC(=O)NC(CS(=O)(=O)O)C(O)/C=C/CC/C=C/CCCCCCCCCC. The van der Waals surface area contributed by atoms with E-state index in [-0.39, 0.29) is 12.3 Å². The number of hydrogen-bond acceptors (Lipinski definition) is 4. The summed E-state index contributed by atoms with van der Waals surface area (Å²) in [5.74, 6) is -1.01. The maximum atomic E-state index is 12.5. The van der Waals surface area contributed by atoms with E-state index in [4.69, 9.17) is 0 Å². The summed E-state index contributed by atoms with van der Waals surface area (Å²) in [6, 6.07) is -1.08. The van der Waals surface area contributed by atoms with Gasteiger partial charge < -0.3 is 10.4 Å². The Morgan fingerprint density at radius 3 is 1.44 bits per heavy atom. The number of unbranched alkanes of at least 4 members (excludes halogenated alkanes) is 19. The molecular weight excluding hydrogens is 667 g/mol. The highest BCUT2D eigenvalue weighted by molar-refractivity contribution is 7.85. The van der Waals surface area contributed by atoms with Crippen LogP contribution in [0, 0.1) is 0 Å².